The molecule has 1 aliphatic rings. The fourth-order valence-corrected chi connectivity index (χ4v) is 2.46. The molecule has 1 aliphatic heterocycles. The molecular weight excluding hydrogens is 276 g/mol. The summed E-state index contributed by atoms with van der Waals surface area (Å²) in [7, 11) is 0. The Labute approximate surface area is 122 Å². The van der Waals surface area contributed by atoms with Gasteiger partial charge in [-0.1, -0.05) is 35.9 Å². The summed E-state index contributed by atoms with van der Waals surface area (Å²) < 4.78 is 11.2. The number of hydrogen-bond acceptors (Lipinski definition) is 3. The van der Waals surface area contributed by atoms with Crippen LogP contribution < -0.4 is 9.47 Å². The quantitative estimate of drug-likeness (QED) is 0.920. The van der Waals surface area contributed by atoms with Crippen LogP contribution in [0.1, 0.15) is 22.8 Å². The van der Waals surface area contributed by atoms with E-state index in [1.165, 1.54) is 0 Å². The van der Waals surface area contributed by atoms with E-state index in [1.54, 1.807) is 6.07 Å². The molecule has 0 aromatic heterocycles. The zero-order chi connectivity index (χ0) is 14.1. The number of aryl methyl sites for hydroxylation is 1. The fourth-order valence-electron chi connectivity index (χ4n) is 2.27. The molecule has 4 heteroatoms. The highest BCUT2D eigenvalue weighted by atomic mass is 35.5. The highest BCUT2D eigenvalue weighted by molar-refractivity contribution is 6.31. The molecule has 20 heavy (non-hydrogen) atoms. The Balaban J connectivity index is 2.02. The Morgan fingerprint density at radius 3 is 2.75 bits per heavy atom. The van der Waals surface area contributed by atoms with Crippen molar-refractivity contribution >= 4 is 11.6 Å². The summed E-state index contributed by atoms with van der Waals surface area (Å²) in [6.45, 7) is 2.95. The van der Waals surface area contributed by atoms with Crippen LogP contribution in [-0.4, -0.2) is 18.3 Å². The molecule has 1 N–H and O–H groups in total. The van der Waals surface area contributed by atoms with Crippen LogP contribution in [0.15, 0.2) is 36.4 Å². The highest BCUT2D eigenvalue weighted by Gasteiger charge is 2.22. The zero-order valence-electron chi connectivity index (χ0n) is 11.1. The maximum Gasteiger partial charge on any atom is 0.167 e. The lowest BCUT2D eigenvalue weighted by Gasteiger charge is -2.23. The molecule has 2 aromatic carbocycles. The minimum atomic E-state index is -0.787. The second-order valence-corrected chi connectivity index (χ2v) is 5.19. The Morgan fingerprint density at radius 2 is 1.95 bits per heavy atom. The number of benzene rings is 2. The first kappa shape index (κ1) is 13.3. The average molecular weight is 291 g/mol. The van der Waals surface area contributed by atoms with E-state index in [2.05, 4.69) is 0 Å². The van der Waals surface area contributed by atoms with Gasteiger partial charge in [-0.25, -0.2) is 0 Å². The molecule has 1 heterocycles. The minimum Gasteiger partial charge on any atom is -0.486 e. The largest absolute Gasteiger partial charge is 0.486 e. The van der Waals surface area contributed by atoms with E-state index in [1.807, 2.05) is 37.3 Å². The van der Waals surface area contributed by atoms with Gasteiger partial charge < -0.3 is 14.6 Å². The molecule has 3 nitrogen and oxygen atoms in total. The lowest BCUT2D eigenvalue weighted by Crippen LogP contribution is -2.17. The summed E-state index contributed by atoms with van der Waals surface area (Å²) >= 11 is 6.12. The van der Waals surface area contributed by atoms with Crippen molar-refractivity contribution in [3.05, 3.63) is 58.1 Å². The predicted molar refractivity (Wildman–Crippen MR) is 77.7 cm³/mol. The summed E-state index contributed by atoms with van der Waals surface area (Å²) in [5, 5.41) is 11.2. The topological polar surface area (TPSA) is 38.7 Å². The molecular formula is C16H15ClO3. The number of fused-ring (bicyclic) bond motifs is 1. The first-order valence-corrected chi connectivity index (χ1v) is 6.87. The van der Waals surface area contributed by atoms with E-state index < -0.39 is 6.10 Å². The first-order chi connectivity index (χ1) is 9.66. The minimum absolute atomic E-state index is 0.491. The van der Waals surface area contributed by atoms with Gasteiger partial charge in [0.15, 0.2) is 11.5 Å². The second kappa shape index (κ2) is 5.35. The molecule has 3 rings (SSSR count). The molecule has 2 aromatic rings. The first-order valence-electron chi connectivity index (χ1n) is 6.49. The predicted octanol–water partition coefficient (Wildman–Crippen LogP) is 3.50. The van der Waals surface area contributed by atoms with Crippen molar-refractivity contribution in [1.29, 1.82) is 0 Å². The third kappa shape index (κ3) is 2.35. The smallest absolute Gasteiger partial charge is 0.167 e. The van der Waals surface area contributed by atoms with E-state index in [9.17, 15) is 5.11 Å². The van der Waals surface area contributed by atoms with Gasteiger partial charge in [-0.2, -0.15) is 0 Å². The van der Waals surface area contributed by atoms with E-state index in [4.69, 9.17) is 21.1 Å². The van der Waals surface area contributed by atoms with Gasteiger partial charge in [0.25, 0.3) is 0 Å². The third-order valence-corrected chi connectivity index (χ3v) is 3.81. The number of rotatable bonds is 2. The van der Waals surface area contributed by atoms with Gasteiger partial charge in [0, 0.05) is 10.6 Å². The lowest BCUT2D eigenvalue weighted by molar-refractivity contribution is 0.158. The van der Waals surface area contributed by atoms with Gasteiger partial charge >= 0.3 is 0 Å². The maximum absolute atomic E-state index is 10.6. The lowest BCUT2D eigenvalue weighted by atomic mass is 9.99. The summed E-state index contributed by atoms with van der Waals surface area (Å²) in [4.78, 5) is 0. The number of ether oxygens (including phenoxy) is 2. The van der Waals surface area contributed by atoms with Crippen LogP contribution in [-0.2, 0) is 0 Å². The molecule has 1 unspecified atom stereocenters. The van der Waals surface area contributed by atoms with Crippen LogP contribution in [0, 0.1) is 6.92 Å². The highest BCUT2D eigenvalue weighted by Crippen LogP contribution is 2.39. The number of aliphatic hydroxyl groups excluding tert-OH is 1. The van der Waals surface area contributed by atoms with Crippen molar-refractivity contribution in [2.45, 2.75) is 13.0 Å². The number of hydrogen-bond donors (Lipinski definition) is 1. The summed E-state index contributed by atoms with van der Waals surface area (Å²) in [5.74, 6) is 1.29. The van der Waals surface area contributed by atoms with Crippen LogP contribution in [0.2, 0.25) is 5.02 Å². The maximum atomic E-state index is 10.6. The molecule has 0 amide bonds. The summed E-state index contributed by atoms with van der Waals surface area (Å²) in [6, 6.07) is 11.1. The van der Waals surface area contributed by atoms with Gasteiger partial charge in [-0.15, -0.1) is 0 Å². The van der Waals surface area contributed by atoms with Crippen LogP contribution in [0.3, 0.4) is 0 Å². The normalized spacial score (nSPS) is 14.9. The SMILES string of the molecule is Cc1ccc(C(O)c2cccc3c2OCCO3)cc1Cl. The van der Waals surface area contributed by atoms with Gasteiger partial charge in [-0.05, 0) is 30.2 Å². The van der Waals surface area contributed by atoms with E-state index in [0.29, 0.717) is 35.3 Å². The molecule has 0 fully saturated rings. The average Bonchev–Trinajstić information content (AvgIpc) is 2.49. The molecule has 0 radical (unpaired) electrons. The van der Waals surface area contributed by atoms with E-state index >= 15 is 0 Å². The van der Waals surface area contributed by atoms with Crippen LogP contribution in [0.5, 0.6) is 11.5 Å². The van der Waals surface area contributed by atoms with Crippen molar-refractivity contribution in [2.24, 2.45) is 0 Å². The zero-order valence-corrected chi connectivity index (χ0v) is 11.9. The van der Waals surface area contributed by atoms with E-state index in [-0.39, 0.29) is 0 Å². The second-order valence-electron chi connectivity index (χ2n) is 4.78. The van der Waals surface area contributed by atoms with Crippen LogP contribution in [0.25, 0.3) is 0 Å². The van der Waals surface area contributed by atoms with Crippen molar-refractivity contribution in [3.63, 3.8) is 0 Å². The number of aliphatic hydroxyl groups is 1. The van der Waals surface area contributed by atoms with Crippen molar-refractivity contribution in [3.8, 4) is 11.5 Å². The monoisotopic (exact) mass is 290 g/mol. The Hall–Kier alpha value is -1.71. The van der Waals surface area contributed by atoms with Gasteiger partial charge in [-0.3, -0.25) is 0 Å². The molecule has 1 atom stereocenters. The number of para-hydroxylation sites is 1. The Bertz CT molecular complexity index is 640. The summed E-state index contributed by atoms with van der Waals surface area (Å²) in [5.41, 5.74) is 2.42. The Kier molecular flexibility index (Phi) is 3.55. The Morgan fingerprint density at radius 1 is 1.15 bits per heavy atom. The van der Waals surface area contributed by atoms with Gasteiger partial charge in [0.1, 0.15) is 19.3 Å². The molecule has 0 bridgehead atoms. The third-order valence-electron chi connectivity index (χ3n) is 3.40. The molecule has 104 valence electrons. The molecule has 0 saturated carbocycles. The summed E-state index contributed by atoms with van der Waals surface area (Å²) in [6.07, 6.45) is -0.787. The molecule has 0 saturated heterocycles. The van der Waals surface area contributed by atoms with Gasteiger partial charge in [0.05, 0.1) is 0 Å². The van der Waals surface area contributed by atoms with Crippen LogP contribution in [0.4, 0.5) is 0 Å². The van der Waals surface area contributed by atoms with E-state index in [0.717, 1.165) is 11.1 Å². The molecule has 0 spiro atoms. The molecule has 0 aliphatic carbocycles. The van der Waals surface area contributed by atoms with Crippen LogP contribution >= 0.6 is 11.6 Å². The standard InChI is InChI=1S/C16H15ClO3/c1-10-5-6-11(9-13(10)17)15(18)12-3-2-4-14-16(12)20-8-7-19-14/h2-6,9,15,18H,7-8H2,1H3. The van der Waals surface area contributed by atoms with Crippen molar-refractivity contribution in [1.82, 2.24) is 0 Å². The van der Waals surface area contributed by atoms with Gasteiger partial charge in [0.2, 0.25) is 0 Å². The number of halogens is 1. The van der Waals surface area contributed by atoms with Crippen molar-refractivity contribution < 1.29 is 14.6 Å². The van der Waals surface area contributed by atoms with Crippen molar-refractivity contribution in [2.75, 3.05) is 13.2 Å². The fraction of sp³-hybridized carbons (Fsp3) is 0.250.